The lowest BCUT2D eigenvalue weighted by atomic mass is 9.96. The minimum absolute atomic E-state index is 0.864. The predicted molar refractivity (Wildman–Crippen MR) is 49.4 cm³/mol. The molecule has 11 heavy (non-hydrogen) atoms. The Morgan fingerprint density at radius 1 is 1.45 bits per heavy atom. The molecule has 0 spiro atoms. The van der Waals surface area contributed by atoms with Crippen molar-refractivity contribution in [3.05, 3.63) is 12.3 Å². The van der Waals surface area contributed by atoms with E-state index in [0.717, 1.165) is 5.92 Å². The van der Waals surface area contributed by atoms with Crippen molar-refractivity contribution in [1.82, 2.24) is 5.32 Å². The van der Waals surface area contributed by atoms with Crippen LogP contribution >= 0.6 is 0 Å². The Hall–Kier alpha value is -0.460. The van der Waals surface area contributed by atoms with Gasteiger partial charge in [0.05, 0.1) is 0 Å². The highest BCUT2D eigenvalue weighted by molar-refractivity contribution is 4.91. The van der Waals surface area contributed by atoms with Crippen molar-refractivity contribution >= 4 is 0 Å². The molecule has 0 fully saturated rings. The molecule has 1 unspecified atom stereocenters. The van der Waals surface area contributed by atoms with Crippen LogP contribution in [0.15, 0.2) is 12.3 Å². The van der Waals surface area contributed by atoms with Gasteiger partial charge in [0.15, 0.2) is 0 Å². The maximum atomic E-state index is 3.22. The zero-order valence-corrected chi connectivity index (χ0v) is 7.47. The van der Waals surface area contributed by atoms with Crippen LogP contribution in [0.25, 0.3) is 0 Å². The average molecular weight is 153 g/mol. The number of allylic oxidation sites excluding steroid dienone is 1. The second kappa shape index (κ2) is 5.22. The van der Waals surface area contributed by atoms with Crippen LogP contribution in [-0.2, 0) is 0 Å². The van der Waals surface area contributed by atoms with E-state index < -0.39 is 0 Å². The Bertz CT molecular complexity index is 118. The Morgan fingerprint density at radius 3 is 3.00 bits per heavy atom. The number of hydrogen-bond donors (Lipinski definition) is 1. The summed E-state index contributed by atoms with van der Waals surface area (Å²) in [6, 6.07) is 0. The third-order valence-corrected chi connectivity index (χ3v) is 2.32. The highest BCUT2D eigenvalue weighted by Crippen LogP contribution is 2.16. The second-order valence-electron chi connectivity index (χ2n) is 3.36. The minimum atomic E-state index is 0.864. The van der Waals surface area contributed by atoms with E-state index in [1.54, 1.807) is 0 Å². The molecule has 0 aromatic rings. The van der Waals surface area contributed by atoms with Gasteiger partial charge in [-0.15, -0.1) is 0 Å². The molecule has 1 nitrogen and oxygen atoms in total. The van der Waals surface area contributed by atoms with Gasteiger partial charge in [0.25, 0.3) is 0 Å². The summed E-state index contributed by atoms with van der Waals surface area (Å²) in [6.45, 7) is 3.44. The quantitative estimate of drug-likeness (QED) is 0.612. The molecule has 64 valence electrons. The van der Waals surface area contributed by atoms with Gasteiger partial charge in [-0.1, -0.05) is 32.3 Å². The maximum Gasteiger partial charge on any atom is 0.0146 e. The third-order valence-electron chi connectivity index (χ3n) is 2.32. The molecular weight excluding hydrogens is 134 g/mol. The Morgan fingerprint density at radius 2 is 2.36 bits per heavy atom. The standard InChI is InChI=1S/C10H19N/c1-2-3-4-5-10-6-8-11-9-7-10/h6,8,10-11H,2-5,7,9H2,1H3. The molecule has 0 aliphatic carbocycles. The Balaban J connectivity index is 2.05. The lowest BCUT2D eigenvalue weighted by Gasteiger charge is -2.16. The maximum absolute atomic E-state index is 3.22. The fourth-order valence-electron chi connectivity index (χ4n) is 1.55. The summed E-state index contributed by atoms with van der Waals surface area (Å²) < 4.78 is 0. The van der Waals surface area contributed by atoms with Crippen LogP contribution in [0.3, 0.4) is 0 Å². The summed E-state index contributed by atoms with van der Waals surface area (Å²) >= 11 is 0. The monoisotopic (exact) mass is 153 g/mol. The van der Waals surface area contributed by atoms with E-state index in [1.165, 1.54) is 38.6 Å². The summed E-state index contributed by atoms with van der Waals surface area (Å²) in [6.07, 6.45) is 11.3. The SMILES string of the molecule is CCCCCC1C=CNCC1. The first-order valence-electron chi connectivity index (χ1n) is 4.83. The van der Waals surface area contributed by atoms with Gasteiger partial charge in [0.1, 0.15) is 0 Å². The van der Waals surface area contributed by atoms with Gasteiger partial charge in [0.2, 0.25) is 0 Å². The number of nitrogens with one attached hydrogen (secondary N) is 1. The van der Waals surface area contributed by atoms with Crippen LogP contribution < -0.4 is 5.32 Å². The van der Waals surface area contributed by atoms with E-state index in [9.17, 15) is 0 Å². The number of unbranched alkanes of at least 4 members (excludes halogenated alkanes) is 2. The van der Waals surface area contributed by atoms with Crippen molar-refractivity contribution in [2.75, 3.05) is 6.54 Å². The van der Waals surface area contributed by atoms with Gasteiger partial charge < -0.3 is 5.32 Å². The molecule has 1 rings (SSSR count). The molecule has 1 N–H and O–H groups in total. The van der Waals surface area contributed by atoms with Crippen molar-refractivity contribution < 1.29 is 0 Å². The summed E-state index contributed by atoms with van der Waals surface area (Å²) in [5, 5.41) is 3.22. The fourth-order valence-corrected chi connectivity index (χ4v) is 1.55. The molecule has 0 saturated heterocycles. The van der Waals surface area contributed by atoms with E-state index in [0.29, 0.717) is 0 Å². The topological polar surface area (TPSA) is 12.0 Å². The zero-order chi connectivity index (χ0) is 7.94. The van der Waals surface area contributed by atoms with E-state index in [-0.39, 0.29) is 0 Å². The molecule has 0 bridgehead atoms. The molecular formula is C10H19N. The molecule has 0 radical (unpaired) electrons. The van der Waals surface area contributed by atoms with Crippen LogP contribution in [0.5, 0.6) is 0 Å². The molecule has 1 aliphatic rings. The predicted octanol–water partition coefficient (Wildman–Crippen LogP) is 2.69. The smallest absolute Gasteiger partial charge is 0.0146 e. The lowest BCUT2D eigenvalue weighted by molar-refractivity contribution is 0.483. The first-order chi connectivity index (χ1) is 5.43. The van der Waals surface area contributed by atoms with Crippen LogP contribution in [0.1, 0.15) is 39.0 Å². The van der Waals surface area contributed by atoms with Gasteiger partial charge >= 0.3 is 0 Å². The molecule has 1 atom stereocenters. The molecule has 1 heterocycles. The van der Waals surface area contributed by atoms with Crippen LogP contribution in [0.2, 0.25) is 0 Å². The summed E-state index contributed by atoms with van der Waals surface area (Å²) in [5.74, 6) is 0.864. The molecule has 1 aliphatic heterocycles. The largest absolute Gasteiger partial charge is 0.391 e. The lowest BCUT2D eigenvalue weighted by Crippen LogP contribution is -2.16. The van der Waals surface area contributed by atoms with E-state index in [4.69, 9.17) is 0 Å². The molecule has 0 aromatic heterocycles. The van der Waals surface area contributed by atoms with Gasteiger partial charge in [-0.25, -0.2) is 0 Å². The van der Waals surface area contributed by atoms with E-state index in [2.05, 4.69) is 24.5 Å². The van der Waals surface area contributed by atoms with Gasteiger partial charge in [-0.2, -0.15) is 0 Å². The minimum Gasteiger partial charge on any atom is -0.391 e. The molecule has 0 amide bonds. The van der Waals surface area contributed by atoms with Crippen molar-refractivity contribution in [3.8, 4) is 0 Å². The van der Waals surface area contributed by atoms with Crippen LogP contribution in [-0.4, -0.2) is 6.54 Å². The summed E-state index contributed by atoms with van der Waals surface area (Å²) in [7, 11) is 0. The first-order valence-corrected chi connectivity index (χ1v) is 4.83. The van der Waals surface area contributed by atoms with E-state index in [1.807, 2.05) is 0 Å². The number of rotatable bonds is 4. The Labute approximate surface area is 69.9 Å². The van der Waals surface area contributed by atoms with Gasteiger partial charge in [0, 0.05) is 6.54 Å². The van der Waals surface area contributed by atoms with Gasteiger partial charge in [-0.05, 0) is 25.0 Å². The highest BCUT2D eigenvalue weighted by Gasteiger charge is 2.06. The van der Waals surface area contributed by atoms with Crippen LogP contribution in [0, 0.1) is 5.92 Å². The number of hydrogen-bond acceptors (Lipinski definition) is 1. The van der Waals surface area contributed by atoms with Crippen molar-refractivity contribution in [3.63, 3.8) is 0 Å². The second-order valence-corrected chi connectivity index (χ2v) is 3.36. The molecule has 0 saturated carbocycles. The molecule has 0 aromatic carbocycles. The highest BCUT2D eigenvalue weighted by atomic mass is 14.8. The normalized spacial score (nSPS) is 23.2. The van der Waals surface area contributed by atoms with Crippen molar-refractivity contribution in [1.29, 1.82) is 0 Å². The van der Waals surface area contributed by atoms with Crippen molar-refractivity contribution in [2.45, 2.75) is 39.0 Å². The van der Waals surface area contributed by atoms with Crippen LogP contribution in [0.4, 0.5) is 0 Å². The third kappa shape index (κ3) is 3.45. The molecule has 1 heteroatoms. The first kappa shape index (κ1) is 8.63. The van der Waals surface area contributed by atoms with Crippen molar-refractivity contribution in [2.24, 2.45) is 5.92 Å². The fraction of sp³-hybridized carbons (Fsp3) is 0.800. The van der Waals surface area contributed by atoms with Gasteiger partial charge in [-0.3, -0.25) is 0 Å². The zero-order valence-electron chi connectivity index (χ0n) is 7.47. The summed E-state index contributed by atoms with van der Waals surface area (Å²) in [4.78, 5) is 0. The summed E-state index contributed by atoms with van der Waals surface area (Å²) in [5.41, 5.74) is 0. The Kier molecular flexibility index (Phi) is 4.10. The average Bonchev–Trinajstić information content (AvgIpc) is 2.07. The van der Waals surface area contributed by atoms with E-state index >= 15 is 0 Å².